The van der Waals surface area contributed by atoms with Crippen LogP contribution in [0.3, 0.4) is 0 Å². The van der Waals surface area contributed by atoms with Crippen LogP contribution in [0.5, 0.6) is 0 Å². The maximum Gasteiger partial charge on any atom is 0.307 e. The quantitative estimate of drug-likeness (QED) is 0.799. The van der Waals surface area contributed by atoms with Gasteiger partial charge >= 0.3 is 5.97 Å². The summed E-state index contributed by atoms with van der Waals surface area (Å²) in [4.78, 5) is 11.4. The number of hydrogen-bond donors (Lipinski definition) is 1. The summed E-state index contributed by atoms with van der Waals surface area (Å²) in [7, 11) is 0. The molecule has 1 aromatic rings. The molecule has 2 nitrogen and oxygen atoms in total. The van der Waals surface area contributed by atoms with Crippen molar-refractivity contribution in [1.29, 1.82) is 0 Å². The Bertz CT molecular complexity index is 437. The van der Waals surface area contributed by atoms with E-state index in [9.17, 15) is 9.90 Å². The van der Waals surface area contributed by atoms with E-state index in [-0.39, 0.29) is 11.8 Å². The highest BCUT2D eigenvalue weighted by Gasteiger charge is 2.30. The molecule has 0 saturated heterocycles. The lowest BCUT2D eigenvalue weighted by Gasteiger charge is -2.22. The van der Waals surface area contributed by atoms with E-state index >= 15 is 0 Å². The van der Waals surface area contributed by atoms with Crippen LogP contribution in [0.15, 0.2) is 18.2 Å². The van der Waals surface area contributed by atoms with Crippen molar-refractivity contribution in [3.8, 4) is 0 Å². The largest absolute Gasteiger partial charge is 0.481 e. The molecule has 1 N–H and O–H groups in total. The Balaban J connectivity index is 2.31. The van der Waals surface area contributed by atoms with Gasteiger partial charge in [0.15, 0.2) is 0 Å². The third-order valence-corrected chi connectivity index (χ3v) is 4.29. The zero-order valence-electron chi connectivity index (χ0n) is 11.3. The van der Waals surface area contributed by atoms with Gasteiger partial charge in [-0.25, -0.2) is 0 Å². The van der Waals surface area contributed by atoms with Gasteiger partial charge in [-0.05, 0) is 49.3 Å². The minimum Gasteiger partial charge on any atom is -0.481 e. The van der Waals surface area contributed by atoms with Gasteiger partial charge in [-0.2, -0.15) is 0 Å². The summed E-state index contributed by atoms with van der Waals surface area (Å²) >= 11 is 0. The molecule has 1 aromatic carbocycles. The molecule has 2 heteroatoms. The Morgan fingerprint density at radius 3 is 2.50 bits per heavy atom. The molecule has 0 aromatic heterocycles. The molecule has 0 spiro atoms. The van der Waals surface area contributed by atoms with Crippen molar-refractivity contribution in [3.05, 3.63) is 34.9 Å². The highest BCUT2D eigenvalue weighted by Crippen LogP contribution is 2.37. The van der Waals surface area contributed by atoms with Crippen molar-refractivity contribution < 1.29 is 9.90 Å². The normalized spacial score (nSPS) is 24.6. The molecular formula is C16H22O2. The number of rotatable bonds is 2. The summed E-state index contributed by atoms with van der Waals surface area (Å²) in [6.07, 6.45) is 5.22. The lowest BCUT2D eigenvalue weighted by Crippen LogP contribution is -2.21. The van der Waals surface area contributed by atoms with Gasteiger partial charge in [0, 0.05) is 0 Å². The number of benzene rings is 1. The average molecular weight is 246 g/mol. The van der Waals surface area contributed by atoms with E-state index in [0.29, 0.717) is 0 Å². The van der Waals surface area contributed by atoms with Crippen molar-refractivity contribution in [2.75, 3.05) is 0 Å². The molecule has 0 bridgehead atoms. The fraction of sp³-hybridized carbons (Fsp3) is 0.562. The Morgan fingerprint density at radius 2 is 1.83 bits per heavy atom. The van der Waals surface area contributed by atoms with Crippen LogP contribution in [0.4, 0.5) is 0 Å². The van der Waals surface area contributed by atoms with Crippen LogP contribution in [-0.2, 0) is 4.79 Å². The van der Waals surface area contributed by atoms with E-state index in [1.165, 1.54) is 23.1 Å². The van der Waals surface area contributed by atoms with Crippen molar-refractivity contribution in [2.45, 2.75) is 51.9 Å². The first-order valence-electron chi connectivity index (χ1n) is 6.89. The van der Waals surface area contributed by atoms with Crippen molar-refractivity contribution in [2.24, 2.45) is 5.92 Å². The van der Waals surface area contributed by atoms with Crippen LogP contribution in [0, 0.1) is 19.8 Å². The number of aliphatic carboxylic acids is 1. The smallest absolute Gasteiger partial charge is 0.307 e. The monoisotopic (exact) mass is 246 g/mol. The van der Waals surface area contributed by atoms with Crippen molar-refractivity contribution in [1.82, 2.24) is 0 Å². The van der Waals surface area contributed by atoms with Gasteiger partial charge in [-0.3, -0.25) is 4.79 Å². The number of aryl methyl sites for hydroxylation is 2. The maximum absolute atomic E-state index is 11.4. The second-order valence-corrected chi connectivity index (χ2v) is 5.53. The SMILES string of the molecule is Cc1ccc(C2CCCCCC2C(=O)O)cc1C. The number of carboxylic acid groups (broad SMARTS) is 1. The second-order valence-electron chi connectivity index (χ2n) is 5.53. The first-order valence-corrected chi connectivity index (χ1v) is 6.89. The van der Waals surface area contributed by atoms with Gasteiger partial charge in [-0.15, -0.1) is 0 Å². The number of carboxylic acids is 1. The predicted molar refractivity (Wildman–Crippen MR) is 72.9 cm³/mol. The molecule has 2 rings (SSSR count). The van der Waals surface area contributed by atoms with E-state index in [2.05, 4.69) is 32.0 Å². The van der Waals surface area contributed by atoms with Gasteiger partial charge in [0.05, 0.1) is 5.92 Å². The van der Waals surface area contributed by atoms with Gasteiger partial charge in [-0.1, -0.05) is 37.5 Å². The van der Waals surface area contributed by atoms with Gasteiger partial charge in [0.1, 0.15) is 0 Å². The zero-order chi connectivity index (χ0) is 13.1. The summed E-state index contributed by atoms with van der Waals surface area (Å²) in [5.74, 6) is -0.626. The van der Waals surface area contributed by atoms with Gasteiger partial charge in [0.2, 0.25) is 0 Å². The van der Waals surface area contributed by atoms with Crippen LogP contribution in [-0.4, -0.2) is 11.1 Å². The number of carbonyl (C=O) groups is 1. The van der Waals surface area contributed by atoms with Crippen LogP contribution in [0.25, 0.3) is 0 Å². The Labute approximate surface area is 109 Å². The molecular weight excluding hydrogens is 224 g/mol. The third kappa shape index (κ3) is 2.74. The number of hydrogen-bond acceptors (Lipinski definition) is 1. The van der Waals surface area contributed by atoms with Gasteiger partial charge in [0.25, 0.3) is 0 Å². The lowest BCUT2D eigenvalue weighted by atomic mass is 9.81. The van der Waals surface area contributed by atoms with Crippen LogP contribution in [0.1, 0.15) is 54.7 Å². The van der Waals surface area contributed by atoms with Crippen LogP contribution in [0.2, 0.25) is 0 Å². The van der Waals surface area contributed by atoms with Gasteiger partial charge < -0.3 is 5.11 Å². The molecule has 2 unspecified atom stereocenters. The van der Waals surface area contributed by atoms with E-state index in [1.54, 1.807) is 0 Å². The molecule has 1 aliphatic rings. The summed E-state index contributed by atoms with van der Waals surface area (Å²) in [5.41, 5.74) is 3.76. The van der Waals surface area contributed by atoms with E-state index in [0.717, 1.165) is 25.7 Å². The van der Waals surface area contributed by atoms with E-state index in [1.807, 2.05) is 0 Å². The summed E-state index contributed by atoms with van der Waals surface area (Å²) in [5, 5.41) is 9.42. The van der Waals surface area contributed by atoms with E-state index in [4.69, 9.17) is 0 Å². The highest BCUT2D eigenvalue weighted by atomic mass is 16.4. The second kappa shape index (κ2) is 5.55. The van der Waals surface area contributed by atoms with Crippen LogP contribution >= 0.6 is 0 Å². The fourth-order valence-electron chi connectivity index (χ4n) is 3.00. The molecule has 0 radical (unpaired) electrons. The molecule has 0 aliphatic heterocycles. The van der Waals surface area contributed by atoms with Crippen molar-refractivity contribution >= 4 is 5.97 Å². The Kier molecular flexibility index (Phi) is 4.05. The molecule has 1 aliphatic carbocycles. The molecule has 0 amide bonds. The molecule has 18 heavy (non-hydrogen) atoms. The first kappa shape index (κ1) is 13.1. The summed E-state index contributed by atoms with van der Waals surface area (Å²) < 4.78 is 0. The van der Waals surface area contributed by atoms with Crippen LogP contribution < -0.4 is 0 Å². The molecule has 1 saturated carbocycles. The minimum atomic E-state index is -0.625. The minimum absolute atomic E-state index is 0.198. The standard InChI is InChI=1S/C16H22O2/c1-11-8-9-13(10-12(11)2)14-6-4-3-5-7-15(14)16(17)18/h8-10,14-15H,3-7H2,1-2H3,(H,17,18). The maximum atomic E-state index is 11.4. The zero-order valence-corrected chi connectivity index (χ0v) is 11.3. The first-order chi connectivity index (χ1) is 8.59. The molecule has 1 fully saturated rings. The average Bonchev–Trinajstić information content (AvgIpc) is 2.58. The molecule has 98 valence electrons. The topological polar surface area (TPSA) is 37.3 Å². The Morgan fingerprint density at radius 1 is 1.11 bits per heavy atom. The Hall–Kier alpha value is -1.31. The van der Waals surface area contributed by atoms with Crippen molar-refractivity contribution in [3.63, 3.8) is 0 Å². The molecule has 0 heterocycles. The predicted octanol–water partition coefficient (Wildman–Crippen LogP) is 4.05. The summed E-state index contributed by atoms with van der Waals surface area (Å²) in [6, 6.07) is 6.42. The third-order valence-electron chi connectivity index (χ3n) is 4.29. The molecule has 2 atom stereocenters. The highest BCUT2D eigenvalue weighted by molar-refractivity contribution is 5.71. The summed E-state index contributed by atoms with van der Waals surface area (Å²) in [6.45, 7) is 4.20. The fourth-order valence-corrected chi connectivity index (χ4v) is 3.00. The van der Waals surface area contributed by atoms with E-state index < -0.39 is 5.97 Å². The lowest BCUT2D eigenvalue weighted by molar-refractivity contribution is -0.142.